The maximum Gasteiger partial charge on any atom is 0.253 e. The van der Waals surface area contributed by atoms with Gasteiger partial charge >= 0.3 is 0 Å². The van der Waals surface area contributed by atoms with Crippen molar-refractivity contribution >= 4 is 26.6 Å². The largest absolute Gasteiger partial charge is 0.360 e. The minimum Gasteiger partial charge on any atom is -0.360 e. The first kappa shape index (κ1) is 14.5. The van der Waals surface area contributed by atoms with Gasteiger partial charge in [-0.25, -0.2) is 12.8 Å². The van der Waals surface area contributed by atoms with Crippen molar-refractivity contribution in [2.45, 2.75) is 6.42 Å². The number of fused-ring (bicyclic) bond motifs is 1. The number of rotatable bonds is 5. The average molecular weight is 298 g/mol. The normalized spacial score (nSPS) is 11.7. The van der Waals surface area contributed by atoms with Gasteiger partial charge in [0.1, 0.15) is 15.7 Å². The molecule has 0 radical (unpaired) electrons. The number of H-pyrrole nitrogens is 1. The Balaban J connectivity index is 2.03. The van der Waals surface area contributed by atoms with Gasteiger partial charge in [-0.05, 0) is 24.6 Å². The van der Waals surface area contributed by atoms with Gasteiger partial charge in [0.05, 0.1) is 11.3 Å². The lowest BCUT2D eigenvalue weighted by Gasteiger charge is -2.03. The number of benzene rings is 1. The molecule has 0 saturated heterocycles. The van der Waals surface area contributed by atoms with E-state index in [0.717, 1.165) is 6.26 Å². The highest BCUT2D eigenvalue weighted by Crippen LogP contribution is 2.19. The average Bonchev–Trinajstić information content (AvgIpc) is 2.76. The molecule has 1 heterocycles. The lowest BCUT2D eigenvalue weighted by atomic mass is 10.1. The lowest BCUT2D eigenvalue weighted by Crippen LogP contribution is -2.25. The summed E-state index contributed by atoms with van der Waals surface area (Å²) in [6, 6.07) is 4.16. The molecule has 2 N–H and O–H groups in total. The molecule has 0 bridgehead atoms. The van der Waals surface area contributed by atoms with E-state index >= 15 is 0 Å². The number of hydrogen-bond donors (Lipinski definition) is 2. The molecule has 2 rings (SSSR count). The van der Waals surface area contributed by atoms with Crippen LogP contribution in [0, 0.1) is 5.82 Å². The SMILES string of the molecule is CS(=O)(=O)CCCNC(=O)c1c[nH]c2ccc(F)cc12. The van der Waals surface area contributed by atoms with Gasteiger partial charge in [-0.15, -0.1) is 0 Å². The van der Waals surface area contributed by atoms with Crippen molar-refractivity contribution in [3.63, 3.8) is 0 Å². The minimum absolute atomic E-state index is 0.0236. The Morgan fingerprint density at radius 1 is 1.40 bits per heavy atom. The maximum absolute atomic E-state index is 13.2. The van der Waals surface area contributed by atoms with E-state index in [1.807, 2.05) is 0 Å². The molecule has 7 heteroatoms. The molecule has 0 fully saturated rings. The zero-order valence-corrected chi connectivity index (χ0v) is 11.8. The summed E-state index contributed by atoms with van der Waals surface area (Å²) in [6.45, 7) is 0.258. The molecule has 0 aliphatic heterocycles. The number of nitrogens with one attached hydrogen (secondary N) is 2. The van der Waals surface area contributed by atoms with E-state index in [4.69, 9.17) is 0 Å². The van der Waals surface area contributed by atoms with Crippen LogP contribution in [0.1, 0.15) is 16.8 Å². The molecule has 0 aliphatic carbocycles. The van der Waals surface area contributed by atoms with Crippen LogP contribution in [0.25, 0.3) is 10.9 Å². The van der Waals surface area contributed by atoms with Crippen LogP contribution in [0.4, 0.5) is 4.39 Å². The first-order chi connectivity index (χ1) is 9.37. The summed E-state index contributed by atoms with van der Waals surface area (Å²) in [7, 11) is -3.02. The van der Waals surface area contributed by atoms with E-state index in [1.165, 1.54) is 18.3 Å². The molecule has 1 amide bonds. The third-order valence-corrected chi connectivity index (χ3v) is 3.90. The molecule has 0 aliphatic rings. The number of carbonyl (C=O) groups excluding carboxylic acids is 1. The van der Waals surface area contributed by atoms with Crippen LogP contribution in [0.2, 0.25) is 0 Å². The number of hydrogen-bond acceptors (Lipinski definition) is 3. The number of carbonyl (C=O) groups is 1. The summed E-state index contributed by atoms with van der Waals surface area (Å²) in [5.74, 6) is -0.742. The summed E-state index contributed by atoms with van der Waals surface area (Å²) < 4.78 is 35.1. The minimum atomic E-state index is -3.02. The van der Waals surface area contributed by atoms with Gasteiger partial charge in [0.2, 0.25) is 0 Å². The number of amides is 1. The monoisotopic (exact) mass is 298 g/mol. The summed E-state index contributed by atoms with van der Waals surface area (Å²) >= 11 is 0. The second-order valence-electron chi connectivity index (χ2n) is 4.63. The molecule has 1 aromatic carbocycles. The highest BCUT2D eigenvalue weighted by Gasteiger charge is 2.12. The van der Waals surface area contributed by atoms with E-state index < -0.39 is 15.7 Å². The molecule has 0 saturated carbocycles. The van der Waals surface area contributed by atoms with Gasteiger partial charge in [-0.2, -0.15) is 0 Å². The Morgan fingerprint density at radius 3 is 2.85 bits per heavy atom. The molecule has 0 atom stereocenters. The molecular weight excluding hydrogens is 283 g/mol. The van der Waals surface area contributed by atoms with Crippen LogP contribution in [-0.2, 0) is 9.84 Å². The van der Waals surface area contributed by atoms with Crippen molar-refractivity contribution < 1.29 is 17.6 Å². The van der Waals surface area contributed by atoms with Crippen molar-refractivity contribution in [2.24, 2.45) is 0 Å². The fourth-order valence-electron chi connectivity index (χ4n) is 1.91. The molecule has 0 spiro atoms. The van der Waals surface area contributed by atoms with Crippen LogP contribution in [0.5, 0.6) is 0 Å². The van der Waals surface area contributed by atoms with Gasteiger partial charge in [-0.1, -0.05) is 0 Å². The summed E-state index contributed by atoms with van der Waals surface area (Å²) in [6.07, 6.45) is 3.01. The van der Waals surface area contributed by atoms with E-state index in [2.05, 4.69) is 10.3 Å². The van der Waals surface area contributed by atoms with Gasteiger partial charge in [0.25, 0.3) is 5.91 Å². The number of aromatic amines is 1. The van der Waals surface area contributed by atoms with Gasteiger partial charge < -0.3 is 10.3 Å². The number of halogens is 1. The Kier molecular flexibility index (Phi) is 4.08. The van der Waals surface area contributed by atoms with Crippen molar-refractivity contribution in [1.29, 1.82) is 0 Å². The molecular formula is C13H15FN2O3S. The molecule has 108 valence electrons. The summed E-state index contributed by atoms with van der Waals surface area (Å²) in [5, 5.41) is 3.13. The topological polar surface area (TPSA) is 79.0 Å². The first-order valence-electron chi connectivity index (χ1n) is 6.09. The van der Waals surface area contributed by atoms with Crippen LogP contribution in [0.15, 0.2) is 24.4 Å². The fraction of sp³-hybridized carbons (Fsp3) is 0.308. The van der Waals surface area contributed by atoms with Crippen molar-refractivity contribution in [1.82, 2.24) is 10.3 Å². The summed E-state index contributed by atoms with van der Waals surface area (Å²) in [4.78, 5) is 14.8. The Hall–Kier alpha value is -1.89. The smallest absolute Gasteiger partial charge is 0.253 e. The van der Waals surface area contributed by atoms with Crippen LogP contribution < -0.4 is 5.32 Å². The Labute approximate surface area is 116 Å². The van der Waals surface area contributed by atoms with Crippen LogP contribution >= 0.6 is 0 Å². The standard InChI is InChI=1S/C13H15FN2O3S/c1-20(18,19)6-2-5-15-13(17)11-8-16-12-4-3-9(14)7-10(11)12/h3-4,7-8,16H,2,5-6H2,1H3,(H,15,17). The fourth-order valence-corrected chi connectivity index (χ4v) is 2.58. The van der Waals surface area contributed by atoms with Gasteiger partial charge in [0, 0.05) is 29.9 Å². The maximum atomic E-state index is 13.2. The van der Waals surface area contributed by atoms with E-state index in [-0.39, 0.29) is 18.2 Å². The highest BCUT2D eigenvalue weighted by atomic mass is 32.2. The second-order valence-corrected chi connectivity index (χ2v) is 6.89. The molecule has 1 aromatic heterocycles. The predicted octanol–water partition coefficient (Wildman–Crippen LogP) is 1.47. The van der Waals surface area contributed by atoms with Crippen molar-refractivity contribution in [2.75, 3.05) is 18.6 Å². The van der Waals surface area contributed by atoms with Gasteiger partial charge in [0.15, 0.2) is 0 Å². The van der Waals surface area contributed by atoms with Crippen LogP contribution in [-0.4, -0.2) is 37.9 Å². The van der Waals surface area contributed by atoms with E-state index in [1.54, 1.807) is 6.07 Å². The molecule has 0 unspecified atom stereocenters. The number of aromatic nitrogens is 1. The van der Waals surface area contributed by atoms with Crippen molar-refractivity contribution in [3.05, 3.63) is 35.8 Å². The van der Waals surface area contributed by atoms with Gasteiger partial charge in [-0.3, -0.25) is 4.79 Å². The zero-order valence-electron chi connectivity index (χ0n) is 10.9. The molecule has 5 nitrogen and oxygen atoms in total. The lowest BCUT2D eigenvalue weighted by molar-refractivity contribution is 0.0955. The molecule has 2 aromatic rings. The highest BCUT2D eigenvalue weighted by molar-refractivity contribution is 7.90. The third kappa shape index (κ3) is 3.57. The third-order valence-electron chi connectivity index (χ3n) is 2.87. The van der Waals surface area contributed by atoms with E-state index in [9.17, 15) is 17.6 Å². The number of sulfone groups is 1. The van der Waals surface area contributed by atoms with Crippen LogP contribution in [0.3, 0.4) is 0 Å². The quantitative estimate of drug-likeness (QED) is 0.820. The Morgan fingerprint density at radius 2 is 2.15 bits per heavy atom. The summed E-state index contributed by atoms with van der Waals surface area (Å²) in [5.41, 5.74) is 1.02. The zero-order chi connectivity index (χ0) is 14.8. The Bertz CT molecular complexity index is 737. The molecule has 20 heavy (non-hydrogen) atoms. The van der Waals surface area contributed by atoms with Crippen molar-refractivity contribution in [3.8, 4) is 0 Å². The first-order valence-corrected chi connectivity index (χ1v) is 8.15. The van der Waals surface area contributed by atoms with E-state index in [0.29, 0.717) is 22.9 Å². The predicted molar refractivity (Wildman–Crippen MR) is 74.9 cm³/mol. The second kappa shape index (κ2) is 5.62.